The SMILES string of the molecule is NC1=C(N)C(=O)C(N)(c2ccc(N)cc2)C=C1. The van der Waals surface area contributed by atoms with Crippen LogP contribution in [0.15, 0.2) is 47.8 Å². The molecule has 0 bridgehead atoms. The number of nitrogen functional groups attached to an aromatic ring is 1. The quantitative estimate of drug-likeness (QED) is 0.493. The van der Waals surface area contributed by atoms with Gasteiger partial charge in [0.25, 0.3) is 0 Å². The van der Waals surface area contributed by atoms with Crippen molar-refractivity contribution in [1.29, 1.82) is 0 Å². The molecule has 1 aromatic rings. The van der Waals surface area contributed by atoms with Crippen molar-refractivity contribution in [3.63, 3.8) is 0 Å². The maximum Gasteiger partial charge on any atom is 0.208 e. The Kier molecular flexibility index (Phi) is 2.40. The summed E-state index contributed by atoms with van der Waals surface area (Å²) in [7, 11) is 0. The van der Waals surface area contributed by atoms with Crippen molar-refractivity contribution < 1.29 is 4.79 Å². The molecule has 1 atom stereocenters. The molecule has 0 amide bonds. The molecular formula is C12H14N4O. The molecule has 0 radical (unpaired) electrons. The summed E-state index contributed by atoms with van der Waals surface area (Å²) in [6, 6.07) is 6.77. The molecule has 0 spiro atoms. The van der Waals surface area contributed by atoms with Gasteiger partial charge < -0.3 is 22.9 Å². The van der Waals surface area contributed by atoms with Crippen LogP contribution in [0.1, 0.15) is 5.56 Å². The van der Waals surface area contributed by atoms with E-state index in [0.717, 1.165) is 0 Å². The van der Waals surface area contributed by atoms with Crippen LogP contribution in [0, 0.1) is 0 Å². The highest BCUT2D eigenvalue weighted by Crippen LogP contribution is 2.27. The third kappa shape index (κ3) is 1.66. The van der Waals surface area contributed by atoms with E-state index in [4.69, 9.17) is 22.9 Å². The first-order valence-electron chi connectivity index (χ1n) is 5.09. The van der Waals surface area contributed by atoms with Gasteiger partial charge in [-0.25, -0.2) is 0 Å². The zero-order chi connectivity index (χ0) is 12.6. The Hall–Kier alpha value is -2.27. The number of Topliss-reactive ketones (excluding diaryl/α,β-unsaturated/α-hetero) is 1. The summed E-state index contributed by atoms with van der Waals surface area (Å²) in [5.41, 5.74) is 23.0. The molecule has 0 aromatic heterocycles. The molecule has 0 fully saturated rings. The van der Waals surface area contributed by atoms with Crippen LogP contribution in [0.5, 0.6) is 0 Å². The van der Waals surface area contributed by atoms with Crippen molar-refractivity contribution in [1.82, 2.24) is 0 Å². The Balaban J connectivity index is 2.49. The Morgan fingerprint density at radius 1 is 1.00 bits per heavy atom. The van der Waals surface area contributed by atoms with Crippen LogP contribution in [-0.4, -0.2) is 5.78 Å². The number of ketones is 1. The van der Waals surface area contributed by atoms with Crippen LogP contribution in [-0.2, 0) is 10.3 Å². The molecule has 1 aliphatic rings. The van der Waals surface area contributed by atoms with Gasteiger partial charge in [-0.2, -0.15) is 0 Å². The monoisotopic (exact) mass is 230 g/mol. The lowest BCUT2D eigenvalue weighted by Crippen LogP contribution is -2.47. The molecular weight excluding hydrogens is 216 g/mol. The van der Waals surface area contributed by atoms with Crippen LogP contribution >= 0.6 is 0 Å². The van der Waals surface area contributed by atoms with Gasteiger partial charge in [-0.05, 0) is 23.8 Å². The molecule has 8 N–H and O–H groups in total. The largest absolute Gasteiger partial charge is 0.399 e. The van der Waals surface area contributed by atoms with Gasteiger partial charge in [0, 0.05) is 5.69 Å². The summed E-state index contributed by atoms with van der Waals surface area (Å²) in [5, 5.41) is 0. The summed E-state index contributed by atoms with van der Waals surface area (Å²) in [6.07, 6.45) is 3.10. The molecule has 0 saturated carbocycles. The van der Waals surface area contributed by atoms with Crippen LogP contribution < -0.4 is 22.9 Å². The average molecular weight is 230 g/mol. The van der Waals surface area contributed by atoms with E-state index in [1.54, 1.807) is 36.4 Å². The summed E-state index contributed by atoms with van der Waals surface area (Å²) in [6.45, 7) is 0. The number of benzene rings is 1. The number of nitrogens with two attached hydrogens (primary N) is 4. The number of carbonyl (C=O) groups is 1. The molecule has 17 heavy (non-hydrogen) atoms. The number of anilines is 1. The fourth-order valence-electron chi connectivity index (χ4n) is 1.73. The molecule has 0 saturated heterocycles. The van der Waals surface area contributed by atoms with E-state index in [0.29, 0.717) is 11.3 Å². The Labute approximate surface area is 98.8 Å². The fraction of sp³-hybridized carbons (Fsp3) is 0.0833. The van der Waals surface area contributed by atoms with Crippen molar-refractivity contribution in [2.45, 2.75) is 5.54 Å². The van der Waals surface area contributed by atoms with Crippen molar-refractivity contribution in [2.75, 3.05) is 5.73 Å². The molecule has 2 rings (SSSR count). The Morgan fingerprint density at radius 3 is 2.18 bits per heavy atom. The maximum absolute atomic E-state index is 12.1. The minimum atomic E-state index is -1.26. The molecule has 1 unspecified atom stereocenters. The van der Waals surface area contributed by atoms with E-state index in [9.17, 15) is 4.79 Å². The number of hydrogen-bond acceptors (Lipinski definition) is 5. The molecule has 0 aliphatic heterocycles. The van der Waals surface area contributed by atoms with Crippen LogP contribution in [0.3, 0.4) is 0 Å². The smallest absolute Gasteiger partial charge is 0.208 e. The van der Waals surface area contributed by atoms with Crippen LogP contribution in [0.2, 0.25) is 0 Å². The van der Waals surface area contributed by atoms with Crippen molar-refractivity contribution in [3.8, 4) is 0 Å². The molecule has 88 valence electrons. The zero-order valence-corrected chi connectivity index (χ0v) is 9.18. The maximum atomic E-state index is 12.1. The highest BCUT2D eigenvalue weighted by molar-refractivity contribution is 6.05. The second-order valence-corrected chi connectivity index (χ2v) is 4.02. The Bertz CT molecular complexity index is 530. The predicted molar refractivity (Wildman–Crippen MR) is 66.3 cm³/mol. The van der Waals surface area contributed by atoms with Crippen molar-refractivity contribution >= 4 is 11.5 Å². The third-order valence-electron chi connectivity index (χ3n) is 2.85. The minimum absolute atomic E-state index is 0.00757. The Morgan fingerprint density at radius 2 is 1.59 bits per heavy atom. The number of rotatable bonds is 1. The fourth-order valence-corrected chi connectivity index (χ4v) is 1.73. The summed E-state index contributed by atoms with van der Waals surface area (Å²) >= 11 is 0. The van der Waals surface area contributed by atoms with E-state index in [1.165, 1.54) is 0 Å². The highest BCUT2D eigenvalue weighted by atomic mass is 16.1. The lowest BCUT2D eigenvalue weighted by atomic mass is 9.81. The topological polar surface area (TPSA) is 121 Å². The first-order valence-corrected chi connectivity index (χ1v) is 5.09. The number of carbonyl (C=O) groups excluding carboxylic acids is 1. The molecule has 5 nitrogen and oxygen atoms in total. The lowest BCUT2D eigenvalue weighted by molar-refractivity contribution is -0.119. The van der Waals surface area contributed by atoms with Gasteiger partial charge in [0.1, 0.15) is 11.2 Å². The van der Waals surface area contributed by atoms with Gasteiger partial charge in [-0.3, -0.25) is 4.79 Å². The number of allylic oxidation sites excluding steroid dienone is 1. The first-order chi connectivity index (χ1) is 7.95. The van der Waals surface area contributed by atoms with Crippen LogP contribution in [0.25, 0.3) is 0 Å². The minimum Gasteiger partial charge on any atom is -0.399 e. The van der Waals surface area contributed by atoms with E-state index >= 15 is 0 Å². The van der Waals surface area contributed by atoms with Crippen LogP contribution in [0.4, 0.5) is 5.69 Å². The van der Waals surface area contributed by atoms with Gasteiger partial charge in [0.2, 0.25) is 5.78 Å². The van der Waals surface area contributed by atoms with Gasteiger partial charge in [0.05, 0.1) is 5.70 Å². The number of hydrogen-bond donors (Lipinski definition) is 4. The molecule has 0 heterocycles. The average Bonchev–Trinajstić information content (AvgIpc) is 2.33. The van der Waals surface area contributed by atoms with E-state index in [1.807, 2.05) is 0 Å². The summed E-state index contributed by atoms with van der Waals surface area (Å²) in [5.74, 6) is -0.401. The zero-order valence-electron chi connectivity index (χ0n) is 9.18. The molecule has 1 aromatic carbocycles. The second kappa shape index (κ2) is 3.64. The second-order valence-electron chi connectivity index (χ2n) is 4.02. The predicted octanol–water partition coefficient (Wildman–Crippen LogP) is -0.309. The van der Waals surface area contributed by atoms with Crippen molar-refractivity contribution in [2.24, 2.45) is 17.2 Å². The highest BCUT2D eigenvalue weighted by Gasteiger charge is 2.37. The van der Waals surface area contributed by atoms with E-state index < -0.39 is 11.3 Å². The van der Waals surface area contributed by atoms with E-state index in [2.05, 4.69) is 0 Å². The van der Waals surface area contributed by atoms with Crippen molar-refractivity contribution in [3.05, 3.63) is 53.4 Å². The van der Waals surface area contributed by atoms with E-state index in [-0.39, 0.29) is 11.4 Å². The standard InChI is InChI=1S/C12H14N4O/c13-8-3-1-7(2-4-8)12(16)6-5-9(14)10(15)11(12)17/h1-6H,13-16H2. The lowest BCUT2D eigenvalue weighted by Gasteiger charge is -2.28. The van der Waals surface area contributed by atoms with Gasteiger partial charge >= 0.3 is 0 Å². The van der Waals surface area contributed by atoms with Gasteiger partial charge in [-0.15, -0.1) is 0 Å². The van der Waals surface area contributed by atoms with Gasteiger partial charge in [-0.1, -0.05) is 18.2 Å². The summed E-state index contributed by atoms with van der Waals surface area (Å²) < 4.78 is 0. The summed E-state index contributed by atoms with van der Waals surface area (Å²) in [4.78, 5) is 12.1. The third-order valence-corrected chi connectivity index (χ3v) is 2.85. The normalized spacial score (nSPS) is 24.2. The molecule has 1 aliphatic carbocycles. The first kappa shape index (κ1) is 11.2. The van der Waals surface area contributed by atoms with Gasteiger partial charge in [0.15, 0.2) is 0 Å². The molecule has 5 heteroatoms.